The van der Waals surface area contributed by atoms with Crippen LogP contribution in [-0.4, -0.2) is 20.3 Å². The SMILES string of the molecule is CCc1nc2ccc(Cl)cn2c1C(=O)Nc1cccnc1Cl. The molecule has 5 nitrogen and oxygen atoms in total. The van der Waals surface area contributed by atoms with Crippen molar-refractivity contribution in [3.8, 4) is 0 Å². The number of aromatic nitrogens is 3. The number of rotatable bonds is 3. The van der Waals surface area contributed by atoms with Gasteiger partial charge in [-0.05, 0) is 30.7 Å². The number of anilines is 1. The van der Waals surface area contributed by atoms with Crippen LogP contribution in [0.25, 0.3) is 5.65 Å². The maximum Gasteiger partial charge on any atom is 0.274 e. The molecule has 0 spiro atoms. The van der Waals surface area contributed by atoms with Gasteiger partial charge in [-0.25, -0.2) is 9.97 Å². The second-order valence-corrected chi connectivity index (χ2v) is 5.43. The van der Waals surface area contributed by atoms with Crippen LogP contribution in [0.2, 0.25) is 10.2 Å². The Bertz CT molecular complexity index is 860. The van der Waals surface area contributed by atoms with Gasteiger partial charge in [-0.3, -0.25) is 9.20 Å². The summed E-state index contributed by atoms with van der Waals surface area (Å²) in [6, 6.07) is 6.90. The van der Waals surface area contributed by atoms with Crippen molar-refractivity contribution in [2.24, 2.45) is 0 Å². The van der Waals surface area contributed by atoms with E-state index in [-0.39, 0.29) is 11.1 Å². The molecule has 0 bridgehead atoms. The first-order valence-corrected chi connectivity index (χ1v) is 7.44. The highest BCUT2D eigenvalue weighted by atomic mass is 35.5. The summed E-state index contributed by atoms with van der Waals surface area (Å²) in [5, 5.41) is 3.53. The lowest BCUT2D eigenvalue weighted by Crippen LogP contribution is -2.16. The fraction of sp³-hybridized carbons (Fsp3) is 0.133. The summed E-state index contributed by atoms with van der Waals surface area (Å²) in [4.78, 5) is 21.0. The number of hydrogen-bond donors (Lipinski definition) is 1. The molecule has 0 aliphatic carbocycles. The molecule has 7 heteroatoms. The summed E-state index contributed by atoms with van der Waals surface area (Å²) in [7, 11) is 0. The first kappa shape index (κ1) is 14.8. The molecule has 0 saturated carbocycles. The van der Waals surface area contributed by atoms with E-state index in [4.69, 9.17) is 23.2 Å². The molecule has 0 atom stereocenters. The quantitative estimate of drug-likeness (QED) is 0.740. The molecule has 0 unspecified atom stereocenters. The normalized spacial score (nSPS) is 10.9. The molecule has 22 heavy (non-hydrogen) atoms. The predicted octanol–water partition coefficient (Wildman–Crippen LogP) is 3.85. The molecule has 3 aromatic rings. The molecule has 1 N–H and O–H groups in total. The second kappa shape index (κ2) is 5.94. The fourth-order valence-electron chi connectivity index (χ4n) is 2.22. The first-order chi connectivity index (χ1) is 10.6. The van der Waals surface area contributed by atoms with Gasteiger partial charge in [0.05, 0.1) is 16.4 Å². The van der Waals surface area contributed by atoms with Crippen molar-refractivity contribution in [2.75, 3.05) is 5.32 Å². The number of hydrogen-bond acceptors (Lipinski definition) is 3. The first-order valence-electron chi connectivity index (χ1n) is 6.68. The minimum Gasteiger partial charge on any atom is -0.318 e. The lowest BCUT2D eigenvalue weighted by atomic mass is 10.2. The Morgan fingerprint density at radius 3 is 2.86 bits per heavy atom. The third-order valence-corrected chi connectivity index (χ3v) is 3.74. The summed E-state index contributed by atoms with van der Waals surface area (Å²) in [6.07, 6.45) is 3.86. The number of fused-ring (bicyclic) bond motifs is 1. The zero-order valence-corrected chi connectivity index (χ0v) is 13.2. The van der Waals surface area contributed by atoms with Crippen molar-refractivity contribution in [2.45, 2.75) is 13.3 Å². The van der Waals surface area contributed by atoms with E-state index in [9.17, 15) is 4.79 Å². The van der Waals surface area contributed by atoms with Crippen molar-refractivity contribution >= 4 is 40.4 Å². The van der Waals surface area contributed by atoms with Gasteiger partial charge in [0.2, 0.25) is 0 Å². The number of amides is 1. The molecule has 0 aliphatic rings. The maximum atomic E-state index is 12.6. The number of nitrogens with zero attached hydrogens (tertiary/aromatic N) is 3. The van der Waals surface area contributed by atoms with E-state index in [1.165, 1.54) is 0 Å². The van der Waals surface area contributed by atoms with Gasteiger partial charge in [0.1, 0.15) is 11.3 Å². The number of imidazole rings is 1. The second-order valence-electron chi connectivity index (χ2n) is 4.63. The van der Waals surface area contributed by atoms with Gasteiger partial charge in [0.15, 0.2) is 5.15 Å². The molecule has 1 amide bonds. The van der Waals surface area contributed by atoms with E-state index < -0.39 is 0 Å². The summed E-state index contributed by atoms with van der Waals surface area (Å²) in [5.74, 6) is -0.304. The molecule has 0 radical (unpaired) electrons. The molecule has 0 aliphatic heterocycles. The monoisotopic (exact) mass is 334 g/mol. The lowest BCUT2D eigenvalue weighted by Gasteiger charge is -2.07. The zero-order valence-electron chi connectivity index (χ0n) is 11.7. The van der Waals surface area contributed by atoms with Crippen LogP contribution < -0.4 is 5.32 Å². The van der Waals surface area contributed by atoms with Crippen LogP contribution in [0.3, 0.4) is 0 Å². The van der Waals surface area contributed by atoms with Gasteiger partial charge in [0, 0.05) is 12.4 Å². The van der Waals surface area contributed by atoms with Crippen LogP contribution in [0, 0.1) is 0 Å². The highest BCUT2D eigenvalue weighted by molar-refractivity contribution is 6.32. The Kier molecular flexibility index (Phi) is 4.00. The highest BCUT2D eigenvalue weighted by Gasteiger charge is 2.19. The number of aryl methyl sites for hydroxylation is 1. The van der Waals surface area contributed by atoms with E-state index in [1.54, 1.807) is 41.1 Å². The lowest BCUT2D eigenvalue weighted by molar-refractivity contribution is 0.102. The van der Waals surface area contributed by atoms with Crippen molar-refractivity contribution in [1.29, 1.82) is 0 Å². The third-order valence-electron chi connectivity index (χ3n) is 3.21. The van der Waals surface area contributed by atoms with Crippen molar-refractivity contribution < 1.29 is 4.79 Å². The molecular weight excluding hydrogens is 323 g/mol. The fourth-order valence-corrected chi connectivity index (χ4v) is 2.54. The van der Waals surface area contributed by atoms with Crippen LogP contribution in [0.15, 0.2) is 36.7 Å². The van der Waals surface area contributed by atoms with Gasteiger partial charge >= 0.3 is 0 Å². The van der Waals surface area contributed by atoms with E-state index >= 15 is 0 Å². The van der Waals surface area contributed by atoms with Crippen LogP contribution in [0.1, 0.15) is 23.1 Å². The molecule has 112 valence electrons. The van der Waals surface area contributed by atoms with Crippen LogP contribution in [0.4, 0.5) is 5.69 Å². The minimum absolute atomic E-state index is 0.237. The summed E-state index contributed by atoms with van der Waals surface area (Å²) in [6.45, 7) is 1.94. The molecule has 3 rings (SSSR count). The largest absolute Gasteiger partial charge is 0.318 e. The number of carbonyl (C=O) groups is 1. The van der Waals surface area contributed by atoms with E-state index in [1.807, 2.05) is 6.92 Å². The molecule has 3 aromatic heterocycles. The Morgan fingerprint density at radius 2 is 2.14 bits per heavy atom. The molecular formula is C15H12Cl2N4O. The van der Waals surface area contributed by atoms with E-state index in [0.717, 1.165) is 0 Å². The Morgan fingerprint density at radius 1 is 1.32 bits per heavy atom. The summed E-state index contributed by atoms with van der Waals surface area (Å²) < 4.78 is 1.68. The highest BCUT2D eigenvalue weighted by Crippen LogP contribution is 2.21. The van der Waals surface area contributed by atoms with Gasteiger partial charge in [-0.2, -0.15) is 0 Å². The smallest absolute Gasteiger partial charge is 0.274 e. The van der Waals surface area contributed by atoms with E-state index in [2.05, 4.69) is 15.3 Å². The predicted molar refractivity (Wildman–Crippen MR) is 86.8 cm³/mol. The topological polar surface area (TPSA) is 59.3 Å². The molecule has 0 fully saturated rings. The zero-order chi connectivity index (χ0) is 15.7. The van der Waals surface area contributed by atoms with Gasteiger partial charge in [-0.15, -0.1) is 0 Å². The van der Waals surface area contributed by atoms with Gasteiger partial charge < -0.3 is 5.32 Å². The summed E-state index contributed by atoms with van der Waals surface area (Å²) in [5.41, 5.74) is 2.26. The van der Waals surface area contributed by atoms with E-state index in [0.29, 0.717) is 34.2 Å². The van der Waals surface area contributed by atoms with Crippen LogP contribution >= 0.6 is 23.2 Å². The number of carbonyl (C=O) groups excluding carboxylic acids is 1. The number of halogens is 2. The minimum atomic E-state index is -0.304. The molecule has 0 saturated heterocycles. The number of nitrogens with one attached hydrogen (secondary N) is 1. The van der Waals surface area contributed by atoms with Gasteiger partial charge in [-0.1, -0.05) is 30.1 Å². The van der Waals surface area contributed by atoms with Crippen molar-refractivity contribution in [1.82, 2.24) is 14.4 Å². The van der Waals surface area contributed by atoms with Crippen LogP contribution in [0.5, 0.6) is 0 Å². The Balaban J connectivity index is 2.06. The maximum absolute atomic E-state index is 12.6. The number of pyridine rings is 2. The van der Waals surface area contributed by atoms with Crippen molar-refractivity contribution in [3.05, 3.63) is 58.2 Å². The van der Waals surface area contributed by atoms with Gasteiger partial charge in [0.25, 0.3) is 5.91 Å². The molecule has 3 heterocycles. The Labute approximate surface area is 136 Å². The van der Waals surface area contributed by atoms with Crippen molar-refractivity contribution in [3.63, 3.8) is 0 Å². The standard InChI is InChI=1S/C15H12Cl2N4O/c1-2-10-13(21-8-9(16)5-6-12(21)19-10)15(22)20-11-4-3-7-18-14(11)17/h3-8H,2H2,1H3,(H,20,22). The summed E-state index contributed by atoms with van der Waals surface area (Å²) >= 11 is 12.0. The van der Waals surface area contributed by atoms with Crippen LogP contribution in [-0.2, 0) is 6.42 Å². The average molecular weight is 335 g/mol. The third kappa shape index (κ3) is 2.65. The Hall–Kier alpha value is -2.11. The average Bonchev–Trinajstić information content (AvgIpc) is 2.87. The molecule has 0 aromatic carbocycles.